The van der Waals surface area contributed by atoms with Gasteiger partial charge in [0, 0.05) is 16.6 Å². The van der Waals surface area contributed by atoms with Crippen molar-refractivity contribution >= 4 is 26.0 Å². The van der Waals surface area contributed by atoms with E-state index < -0.39 is 22.1 Å². The van der Waals surface area contributed by atoms with Gasteiger partial charge >= 0.3 is 12.1 Å². The maximum absolute atomic E-state index is 12.8. The SMILES string of the molecule is O=S(=O)(c1ccc(Br)cc1)N1CC[C@H](Oc2ccc(-c3noc(C(F)(F)F)n3)cc2)C1. The number of nitrogens with zero attached hydrogens (tertiary/aromatic N) is 3. The van der Waals surface area contributed by atoms with E-state index in [1.807, 2.05) is 0 Å². The number of aromatic nitrogens is 2. The minimum atomic E-state index is -4.71. The van der Waals surface area contributed by atoms with Gasteiger partial charge in [-0.1, -0.05) is 21.1 Å². The summed E-state index contributed by atoms with van der Waals surface area (Å²) in [4.78, 5) is 3.54. The maximum Gasteiger partial charge on any atom is 0.471 e. The molecule has 4 rings (SSSR count). The van der Waals surface area contributed by atoms with E-state index in [1.165, 1.54) is 28.6 Å². The van der Waals surface area contributed by atoms with Gasteiger partial charge in [-0.25, -0.2) is 8.42 Å². The zero-order chi connectivity index (χ0) is 22.2. The third kappa shape index (κ3) is 4.75. The molecule has 7 nitrogen and oxygen atoms in total. The van der Waals surface area contributed by atoms with E-state index in [1.54, 1.807) is 24.3 Å². The average Bonchev–Trinajstić information content (AvgIpc) is 3.39. The first-order valence-corrected chi connectivity index (χ1v) is 11.3. The summed E-state index contributed by atoms with van der Waals surface area (Å²) in [5.41, 5.74) is 0.331. The van der Waals surface area contributed by atoms with Crippen LogP contribution in [0.5, 0.6) is 5.75 Å². The first kappa shape index (κ1) is 21.8. The van der Waals surface area contributed by atoms with Gasteiger partial charge in [-0.15, -0.1) is 0 Å². The quantitative estimate of drug-likeness (QED) is 0.499. The Morgan fingerprint density at radius 1 is 1.10 bits per heavy atom. The molecule has 0 aliphatic carbocycles. The van der Waals surface area contributed by atoms with Crippen molar-refractivity contribution < 1.29 is 30.8 Å². The van der Waals surface area contributed by atoms with Crippen molar-refractivity contribution in [1.82, 2.24) is 14.4 Å². The molecule has 1 aliphatic heterocycles. The number of halogens is 4. The van der Waals surface area contributed by atoms with Crippen LogP contribution in [0.1, 0.15) is 12.3 Å². The molecule has 0 radical (unpaired) electrons. The number of rotatable bonds is 5. The molecule has 1 aliphatic rings. The van der Waals surface area contributed by atoms with E-state index in [2.05, 4.69) is 30.6 Å². The average molecular weight is 518 g/mol. The van der Waals surface area contributed by atoms with Crippen LogP contribution in [0.3, 0.4) is 0 Å². The minimum Gasteiger partial charge on any atom is -0.489 e. The van der Waals surface area contributed by atoms with Gasteiger partial charge in [-0.3, -0.25) is 0 Å². The molecule has 3 aromatic rings. The number of ether oxygens (including phenoxy) is 1. The fourth-order valence-electron chi connectivity index (χ4n) is 3.10. The Bertz CT molecular complexity index is 1170. The van der Waals surface area contributed by atoms with Gasteiger partial charge in [0.1, 0.15) is 11.9 Å². The topological polar surface area (TPSA) is 85.5 Å². The normalized spacial score (nSPS) is 17.7. The number of sulfonamides is 1. The van der Waals surface area contributed by atoms with E-state index >= 15 is 0 Å². The van der Waals surface area contributed by atoms with Crippen LogP contribution in [0.2, 0.25) is 0 Å². The zero-order valence-corrected chi connectivity index (χ0v) is 18.1. The summed E-state index contributed by atoms with van der Waals surface area (Å²) in [7, 11) is -3.62. The first-order chi connectivity index (χ1) is 14.6. The summed E-state index contributed by atoms with van der Waals surface area (Å²) >= 11 is 3.28. The minimum absolute atomic E-state index is 0.188. The Labute approximate surface area is 184 Å². The Kier molecular flexibility index (Phi) is 5.79. The van der Waals surface area contributed by atoms with Crippen molar-refractivity contribution in [3.8, 4) is 17.1 Å². The lowest BCUT2D eigenvalue weighted by molar-refractivity contribution is -0.159. The predicted molar refractivity (Wildman–Crippen MR) is 107 cm³/mol. The molecule has 0 amide bonds. The highest BCUT2D eigenvalue weighted by atomic mass is 79.9. The van der Waals surface area contributed by atoms with Crippen molar-refractivity contribution in [2.45, 2.75) is 23.6 Å². The van der Waals surface area contributed by atoms with Gasteiger partial charge in [0.25, 0.3) is 0 Å². The molecule has 164 valence electrons. The van der Waals surface area contributed by atoms with E-state index in [9.17, 15) is 21.6 Å². The molecule has 0 bridgehead atoms. The predicted octanol–water partition coefficient (Wildman–Crippen LogP) is 4.36. The van der Waals surface area contributed by atoms with E-state index in [0.717, 1.165) is 4.47 Å². The molecule has 0 saturated carbocycles. The molecule has 2 heterocycles. The van der Waals surface area contributed by atoms with Crippen LogP contribution in [0.15, 0.2) is 62.4 Å². The molecular weight excluding hydrogens is 503 g/mol. The molecule has 0 N–H and O–H groups in total. The molecule has 2 aromatic carbocycles. The first-order valence-electron chi connectivity index (χ1n) is 9.06. The Morgan fingerprint density at radius 2 is 1.77 bits per heavy atom. The van der Waals surface area contributed by atoms with Crippen molar-refractivity contribution in [3.05, 3.63) is 58.9 Å². The molecule has 1 fully saturated rings. The third-order valence-electron chi connectivity index (χ3n) is 4.64. The van der Waals surface area contributed by atoms with Gasteiger partial charge in [0.05, 0.1) is 11.4 Å². The second-order valence-corrected chi connectivity index (χ2v) is 9.64. The summed E-state index contributed by atoms with van der Waals surface area (Å²) in [6, 6.07) is 12.5. The zero-order valence-electron chi connectivity index (χ0n) is 15.7. The standard InChI is InChI=1S/C19H15BrF3N3O4S/c20-13-3-7-16(8-4-13)31(27,28)26-10-9-15(11-26)29-14-5-1-12(2-6-14)17-24-18(30-25-17)19(21,22)23/h1-8,15H,9-11H2/t15-/m0/s1. The molecular formula is C19H15BrF3N3O4S. The monoisotopic (exact) mass is 517 g/mol. The largest absolute Gasteiger partial charge is 0.489 e. The number of hydrogen-bond acceptors (Lipinski definition) is 6. The second-order valence-electron chi connectivity index (χ2n) is 6.79. The molecule has 1 aromatic heterocycles. The van der Waals surface area contributed by atoms with Crippen molar-refractivity contribution in [3.63, 3.8) is 0 Å². The van der Waals surface area contributed by atoms with Crippen LogP contribution in [0.25, 0.3) is 11.4 Å². The Morgan fingerprint density at radius 3 is 2.39 bits per heavy atom. The lowest BCUT2D eigenvalue weighted by Gasteiger charge is -2.17. The Hall–Kier alpha value is -2.44. The molecule has 0 unspecified atom stereocenters. The van der Waals surface area contributed by atoms with Gasteiger partial charge in [-0.2, -0.15) is 22.5 Å². The van der Waals surface area contributed by atoms with Crippen LogP contribution < -0.4 is 4.74 Å². The van der Waals surface area contributed by atoms with Gasteiger partial charge < -0.3 is 9.26 Å². The maximum atomic E-state index is 12.8. The summed E-state index contributed by atoms with van der Waals surface area (Å²) in [6.07, 6.45) is -4.55. The van der Waals surface area contributed by atoms with Crippen molar-refractivity contribution in [2.75, 3.05) is 13.1 Å². The van der Waals surface area contributed by atoms with Gasteiger partial charge in [0.15, 0.2) is 0 Å². The smallest absolute Gasteiger partial charge is 0.471 e. The fraction of sp³-hybridized carbons (Fsp3) is 0.263. The Balaban J connectivity index is 1.40. The summed E-state index contributed by atoms with van der Waals surface area (Å²) < 4.78 is 75.5. The van der Waals surface area contributed by atoms with Crippen LogP contribution >= 0.6 is 15.9 Å². The summed E-state index contributed by atoms with van der Waals surface area (Å²) in [5.74, 6) is -1.15. The number of hydrogen-bond donors (Lipinski definition) is 0. The highest BCUT2D eigenvalue weighted by Crippen LogP contribution is 2.30. The van der Waals surface area contributed by atoms with Crippen LogP contribution in [-0.4, -0.2) is 42.1 Å². The van der Waals surface area contributed by atoms with E-state index in [4.69, 9.17) is 4.74 Å². The molecule has 12 heteroatoms. The highest BCUT2D eigenvalue weighted by Gasteiger charge is 2.38. The summed E-state index contributed by atoms with van der Waals surface area (Å²) in [6.45, 7) is 0.518. The molecule has 31 heavy (non-hydrogen) atoms. The number of alkyl halides is 3. The van der Waals surface area contributed by atoms with E-state index in [-0.39, 0.29) is 23.4 Å². The number of benzene rings is 2. The molecule has 1 saturated heterocycles. The highest BCUT2D eigenvalue weighted by molar-refractivity contribution is 9.10. The summed E-state index contributed by atoms with van der Waals surface area (Å²) in [5, 5.41) is 3.33. The third-order valence-corrected chi connectivity index (χ3v) is 7.05. The van der Waals surface area contributed by atoms with Crippen LogP contribution in [0, 0.1) is 0 Å². The van der Waals surface area contributed by atoms with Gasteiger partial charge in [-0.05, 0) is 55.0 Å². The molecule has 0 spiro atoms. The lowest BCUT2D eigenvalue weighted by Crippen LogP contribution is -2.31. The lowest BCUT2D eigenvalue weighted by atomic mass is 10.2. The van der Waals surface area contributed by atoms with Gasteiger partial charge in [0.2, 0.25) is 15.8 Å². The van der Waals surface area contributed by atoms with Crippen molar-refractivity contribution in [1.29, 1.82) is 0 Å². The van der Waals surface area contributed by atoms with E-state index in [0.29, 0.717) is 24.3 Å². The van der Waals surface area contributed by atoms with Crippen LogP contribution in [0.4, 0.5) is 13.2 Å². The molecule has 1 atom stereocenters. The fourth-order valence-corrected chi connectivity index (χ4v) is 4.85. The van der Waals surface area contributed by atoms with Crippen molar-refractivity contribution in [2.24, 2.45) is 0 Å². The second kappa shape index (κ2) is 8.24. The van der Waals surface area contributed by atoms with Crippen LogP contribution in [-0.2, 0) is 16.2 Å².